The van der Waals surface area contributed by atoms with E-state index >= 15 is 0 Å². The van der Waals surface area contributed by atoms with Gasteiger partial charge in [0.25, 0.3) is 11.8 Å². The lowest BCUT2D eigenvalue weighted by Gasteiger charge is -2.15. The van der Waals surface area contributed by atoms with E-state index in [9.17, 15) is 14.7 Å². The van der Waals surface area contributed by atoms with Crippen LogP contribution in [0.2, 0.25) is 0 Å². The number of methoxy groups -OCH3 is 1. The first-order chi connectivity index (χ1) is 12.5. The normalized spacial score (nSPS) is 15.4. The third-order valence-electron chi connectivity index (χ3n) is 3.58. The molecule has 1 heterocycles. The van der Waals surface area contributed by atoms with Crippen LogP contribution in [0.4, 0.5) is 0 Å². The third kappa shape index (κ3) is 3.71. The summed E-state index contributed by atoms with van der Waals surface area (Å²) in [7, 11) is 1.53. The third-order valence-corrected chi connectivity index (χ3v) is 4.88. The molecule has 6 nitrogen and oxygen atoms in total. The minimum Gasteiger partial charge on any atom is -0.507 e. The Labute approximate surface area is 159 Å². The Bertz CT molecular complexity index is 910. The molecule has 3 rings (SSSR count). The number of phenolic OH excluding ortho intramolecular Hbond substituents is 1. The molecule has 1 aliphatic heterocycles. The van der Waals surface area contributed by atoms with Gasteiger partial charge in [-0.3, -0.25) is 15.0 Å². The summed E-state index contributed by atoms with van der Waals surface area (Å²) in [4.78, 5) is 25.2. The number of phenols is 1. The van der Waals surface area contributed by atoms with E-state index in [-0.39, 0.29) is 10.1 Å². The molecule has 0 atom stereocenters. The van der Waals surface area contributed by atoms with Gasteiger partial charge in [0.15, 0.2) is 4.32 Å². The van der Waals surface area contributed by atoms with Crippen LogP contribution in [0.25, 0.3) is 6.08 Å². The second-order valence-corrected chi connectivity index (χ2v) is 6.92. The molecule has 2 N–H and O–H groups in total. The average Bonchev–Trinajstić information content (AvgIpc) is 2.91. The molecule has 0 unspecified atom stereocenters. The molecule has 0 aliphatic carbocycles. The van der Waals surface area contributed by atoms with Crippen LogP contribution in [0.15, 0.2) is 53.4 Å². The Morgan fingerprint density at radius 3 is 2.58 bits per heavy atom. The van der Waals surface area contributed by atoms with E-state index in [1.165, 1.54) is 19.3 Å². The summed E-state index contributed by atoms with van der Waals surface area (Å²) in [6.07, 6.45) is 1.54. The molecule has 1 aliphatic rings. The Kier molecular flexibility index (Phi) is 5.24. The molecule has 0 aromatic heterocycles. The van der Waals surface area contributed by atoms with E-state index < -0.39 is 11.8 Å². The second-order valence-electron chi connectivity index (χ2n) is 5.25. The standard InChI is InChI=1S/C18H14N2O4S2/c1-24-13-8-6-11(7-9-13)16(22)19-20-17(23)15(26-18(20)25)10-12-4-2-3-5-14(12)21/h2-10,21H,1H3,(H,19,22)/b15-10+. The zero-order valence-electron chi connectivity index (χ0n) is 13.6. The van der Waals surface area contributed by atoms with Gasteiger partial charge in [-0.05, 0) is 48.6 Å². The fraction of sp³-hybridized carbons (Fsp3) is 0.0556. The minimum atomic E-state index is -0.465. The molecule has 0 bridgehead atoms. The van der Waals surface area contributed by atoms with Gasteiger partial charge in [0, 0.05) is 11.1 Å². The van der Waals surface area contributed by atoms with Crippen molar-refractivity contribution in [3.05, 3.63) is 64.6 Å². The topological polar surface area (TPSA) is 78.9 Å². The summed E-state index contributed by atoms with van der Waals surface area (Å²) in [6.45, 7) is 0. The van der Waals surface area contributed by atoms with Gasteiger partial charge in [0.1, 0.15) is 11.5 Å². The van der Waals surface area contributed by atoms with Crippen LogP contribution in [-0.2, 0) is 4.79 Å². The number of para-hydroxylation sites is 1. The van der Waals surface area contributed by atoms with Crippen LogP contribution in [0.1, 0.15) is 15.9 Å². The Morgan fingerprint density at radius 2 is 1.92 bits per heavy atom. The quantitative estimate of drug-likeness (QED) is 0.621. The number of thiocarbonyl (C=S) groups is 1. The van der Waals surface area contributed by atoms with Gasteiger partial charge >= 0.3 is 0 Å². The average molecular weight is 386 g/mol. The van der Waals surface area contributed by atoms with E-state index in [1.807, 2.05) is 0 Å². The minimum absolute atomic E-state index is 0.0556. The van der Waals surface area contributed by atoms with Crippen LogP contribution < -0.4 is 10.2 Å². The van der Waals surface area contributed by atoms with Crippen molar-refractivity contribution in [2.24, 2.45) is 0 Å². The smallest absolute Gasteiger partial charge is 0.285 e. The molecule has 2 amide bonds. The molecule has 0 radical (unpaired) electrons. The van der Waals surface area contributed by atoms with Crippen molar-refractivity contribution in [3.63, 3.8) is 0 Å². The van der Waals surface area contributed by atoms with Gasteiger partial charge in [-0.15, -0.1) is 0 Å². The lowest BCUT2D eigenvalue weighted by atomic mass is 10.2. The molecule has 2 aromatic rings. The van der Waals surface area contributed by atoms with Gasteiger partial charge in [0.2, 0.25) is 0 Å². The molecule has 0 saturated carbocycles. The maximum atomic E-state index is 12.5. The number of nitrogens with zero attached hydrogens (tertiary/aromatic N) is 1. The van der Waals surface area contributed by atoms with Crippen molar-refractivity contribution in [2.45, 2.75) is 0 Å². The first-order valence-electron chi connectivity index (χ1n) is 7.50. The molecule has 26 heavy (non-hydrogen) atoms. The number of nitrogens with one attached hydrogen (secondary N) is 1. The van der Waals surface area contributed by atoms with Crippen LogP contribution in [0.3, 0.4) is 0 Å². The monoisotopic (exact) mass is 386 g/mol. The lowest BCUT2D eigenvalue weighted by Crippen LogP contribution is -2.44. The number of aromatic hydroxyl groups is 1. The predicted octanol–water partition coefficient (Wildman–Crippen LogP) is 2.95. The van der Waals surface area contributed by atoms with E-state index in [0.717, 1.165) is 16.8 Å². The molecule has 0 spiro atoms. The summed E-state index contributed by atoms with van der Waals surface area (Å²) in [5.74, 6) is -0.240. The van der Waals surface area contributed by atoms with Crippen molar-refractivity contribution >= 4 is 46.2 Å². The highest BCUT2D eigenvalue weighted by atomic mass is 32.2. The van der Waals surface area contributed by atoms with Crippen LogP contribution in [0, 0.1) is 0 Å². The van der Waals surface area contributed by atoms with E-state index in [2.05, 4.69) is 5.43 Å². The number of hydrogen-bond donors (Lipinski definition) is 2. The number of hydrazine groups is 1. The van der Waals surface area contributed by atoms with Gasteiger partial charge in [0.05, 0.1) is 12.0 Å². The maximum absolute atomic E-state index is 12.5. The van der Waals surface area contributed by atoms with Crippen LogP contribution >= 0.6 is 24.0 Å². The Morgan fingerprint density at radius 1 is 1.23 bits per heavy atom. The number of carbonyl (C=O) groups is 2. The number of ether oxygens (including phenoxy) is 1. The fourth-order valence-corrected chi connectivity index (χ4v) is 3.39. The van der Waals surface area contributed by atoms with Crippen LogP contribution in [0.5, 0.6) is 11.5 Å². The van der Waals surface area contributed by atoms with Crippen molar-refractivity contribution in [1.29, 1.82) is 0 Å². The van der Waals surface area contributed by atoms with Gasteiger partial charge < -0.3 is 9.84 Å². The number of rotatable bonds is 4. The molecule has 132 valence electrons. The number of amides is 2. The van der Waals surface area contributed by atoms with Crippen molar-refractivity contribution in [2.75, 3.05) is 7.11 Å². The first-order valence-corrected chi connectivity index (χ1v) is 8.73. The highest BCUT2D eigenvalue weighted by Gasteiger charge is 2.33. The summed E-state index contributed by atoms with van der Waals surface area (Å²) in [5.41, 5.74) is 3.36. The highest BCUT2D eigenvalue weighted by Crippen LogP contribution is 2.33. The zero-order valence-corrected chi connectivity index (χ0v) is 15.3. The Balaban J connectivity index is 1.76. The molecular formula is C18H14N2O4S2. The van der Waals surface area contributed by atoms with Gasteiger partial charge in [-0.25, -0.2) is 0 Å². The van der Waals surface area contributed by atoms with Gasteiger partial charge in [-0.2, -0.15) is 5.01 Å². The predicted molar refractivity (Wildman–Crippen MR) is 104 cm³/mol. The van der Waals surface area contributed by atoms with E-state index in [4.69, 9.17) is 17.0 Å². The first kappa shape index (κ1) is 18.0. The number of carbonyl (C=O) groups excluding carboxylic acids is 2. The Hall–Kier alpha value is -2.84. The molecule has 2 aromatic carbocycles. The summed E-state index contributed by atoms with van der Waals surface area (Å²) in [5, 5.41) is 10.9. The van der Waals surface area contributed by atoms with Crippen LogP contribution in [-0.4, -0.2) is 33.4 Å². The van der Waals surface area contributed by atoms with Crippen molar-refractivity contribution in [1.82, 2.24) is 10.4 Å². The molecule has 1 saturated heterocycles. The largest absolute Gasteiger partial charge is 0.507 e. The summed E-state index contributed by atoms with van der Waals surface area (Å²) < 4.78 is 5.26. The van der Waals surface area contributed by atoms with Crippen molar-refractivity contribution in [3.8, 4) is 11.5 Å². The zero-order chi connectivity index (χ0) is 18.7. The number of thioether (sulfide) groups is 1. The van der Waals surface area contributed by atoms with Crippen molar-refractivity contribution < 1.29 is 19.4 Å². The molecular weight excluding hydrogens is 372 g/mol. The van der Waals surface area contributed by atoms with E-state index in [1.54, 1.807) is 42.5 Å². The SMILES string of the molecule is COc1ccc(C(=O)NN2C(=O)/C(=C\c3ccccc3O)SC2=S)cc1. The van der Waals surface area contributed by atoms with E-state index in [0.29, 0.717) is 21.8 Å². The highest BCUT2D eigenvalue weighted by molar-refractivity contribution is 8.26. The number of benzene rings is 2. The maximum Gasteiger partial charge on any atom is 0.285 e. The lowest BCUT2D eigenvalue weighted by molar-refractivity contribution is -0.123. The fourth-order valence-electron chi connectivity index (χ4n) is 2.22. The molecule has 8 heteroatoms. The summed E-state index contributed by atoms with van der Waals surface area (Å²) in [6, 6.07) is 13.1. The molecule has 1 fully saturated rings. The van der Waals surface area contributed by atoms with Gasteiger partial charge in [-0.1, -0.05) is 30.0 Å². The number of hydrogen-bond acceptors (Lipinski definition) is 6. The summed E-state index contributed by atoms with van der Waals surface area (Å²) >= 11 is 6.23. The second kappa shape index (κ2) is 7.59.